The second-order valence-corrected chi connectivity index (χ2v) is 6.55. The van der Waals surface area contributed by atoms with Crippen LogP contribution in [0.15, 0.2) is 18.2 Å². The fourth-order valence-corrected chi connectivity index (χ4v) is 3.56. The first-order valence-corrected chi connectivity index (χ1v) is 7.60. The van der Waals surface area contributed by atoms with E-state index in [2.05, 4.69) is 0 Å². The Hall–Kier alpha value is -1.27. The third-order valence-electron chi connectivity index (χ3n) is 2.98. The predicted octanol–water partition coefficient (Wildman–Crippen LogP) is 0.720. The molecule has 6 heteroatoms. The zero-order valence-corrected chi connectivity index (χ0v) is 11.1. The molecule has 1 aliphatic heterocycles. The second-order valence-electron chi connectivity index (χ2n) is 4.32. The van der Waals surface area contributed by atoms with Crippen LogP contribution in [-0.4, -0.2) is 33.1 Å². The predicted molar refractivity (Wildman–Crippen MR) is 68.6 cm³/mol. The lowest BCUT2D eigenvalue weighted by Gasteiger charge is -2.16. The van der Waals surface area contributed by atoms with Crippen LogP contribution < -0.4 is 15.2 Å². The van der Waals surface area contributed by atoms with E-state index in [0.29, 0.717) is 24.5 Å². The van der Waals surface area contributed by atoms with Crippen molar-refractivity contribution in [2.24, 2.45) is 5.73 Å². The topological polar surface area (TPSA) is 78.6 Å². The quantitative estimate of drug-likeness (QED) is 0.873. The molecule has 5 nitrogen and oxygen atoms in total. The van der Waals surface area contributed by atoms with E-state index in [1.165, 1.54) is 0 Å². The van der Waals surface area contributed by atoms with Crippen LogP contribution in [0.3, 0.4) is 0 Å². The van der Waals surface area contributed by atoms with Gasteiger partial charge in [0.15, 0.2) is 9.84 Å². The molecule has 1 fully saturated rings. The van der Waals surface area contributed by atoms with Gasteiger partial charge in [-0.25, -0.2) is 8.42 Å². The van der Waals surface area contributed by atoms with Crippen LogP contribution in [-0.2, 0) is 16.4 Å². The average molecular weight is 271 g/mol. The molecule has 100 valence electrons. The van der Waals surface area contributed by atoms with Crippen LogP contribution in [0.25, 0.3) is 0 Å². The number of benzene rings is 1. The summed E-state index contributed by atoms with van der Waals surface area (Å²) in [5.41, 5.74) is 6.48. The van der Waals surface area contributed by atoms with Crippen LogP contribution in [0, 0.1) is 0 Å². The highest BCUT2D eigenvalue weighted by atomic mass is 32.2. The molecule has 1 atom stereocenters. The highest BCUT2D eigenvalue weighted by molar-refractivity contribution is 7.91. The molecule has 1 aliphatic rings. The molecular formula is C12H17NO4S. The summed E-state index contributed by atoms with van der Waals surface area (Å²) in [6, 6.07) is 5.38. The number of methoxy groups -OCH3 is 1. The van der Waals surface area contributed by atoms with Gasteiger partial charge in [-0.2, -0.15) is 0 Å². The van der Waals surface area contributed by atoms with E-state index < -0.39 is 9.84 Å². The SMILES string of the molecule is COc1ccc(CN)c(OC2CCS(=O)(=O)C2)c1. The first kappa shape index (κ1) is 13.2. The lowest BCUT2D eigenvalue weighted by Crippen LogP contribution is -2.19. The molecule has 0 amide bonds. The van der Waals surface area contributed by atoms with Gasteiger partial charge in [0, 0.05) is 18.2 Å². The van der Waals surface area contributed by atoms with Crippen LogP contribution in [0.2, 0.25) is 0 Å². The monoisotopic (exact) mass is 271 g/mol. The first-order valence-electron chi connectivity index (χ1n) is 5.78. The van der Waals surface area contributed by atoms with Crippen molar-refractivity contribution in [1.82, 2.24) is 0 Å². The largest absolute Gasteiger partial charge is 0.497 e. The number of ether oxygens (including phenoxy) is 2. The van der Waals surface area contributed by atoms with Crippen molar-refractivity contribution >= 4 is 9.84 Å². The van der Waals surface area contributed by atoms with Gasteiger partial charge in [0.05, 0.1) is 18.6 Å². The molecule has 2 rings (SSSR count). The summed E-state index contributed by atoms with van der Waals surface area (Å²) in [6.45, 7) is 0.346. The summed E-state index contributed by atoms with van der Waals surface area (Å²) in [5.74, 6) is 1.55. The van der Waals surface area contributed by atoms with E-state index in [0.717, 1.165) is 5.56 Å². The molecule has 1 aromatic rings. The molecule has 0 radical (unpaired) electrons. The van der Waals surface area contributed by atoms with E-state index in [1.54, 1.807) is 19.2 Å². The highest BCUT2D eigenvalue weighted by Crippen LogP contribution is 2.27. The summed E-state index contributed by atoms with van der Waals surface area (Å²) < 4.78 is 33.6. The van der Waals surface area contributed by atoms with Crippen LogP contribution in [0.1, 0.15) is 12.0 Å². The third-order valence-corrected chi connectivity index (χ3v) is 4.72. The normalized spacial score (nSPS) is 21.8. The fourth-order valence-electron chi connectivity index (χ4n) is 1.97. The molecule has 0 aromatic heterocycles. The Bertz CT molecular complexity index is 527. The summed E-state index contributed by atoms with van der Waals surface area (Å²) in [4.78, 5) is 0. The Morgan fingerprint density at radius 2 is 2.22 bits per heavy atom. The maximum absolute atomic E-state index is 11.4. The minimum atomic E-state index is -2.94. The standard InChI is InChI=1S/C12H17NO4S/c1-16-10-3-2-9(7-13)12(6-10)17-11-4-5-18(14,15)8-11/h2-3,6,11H,4-5,7-8,13H2,1H3. The molecule has 1 saturated heterocycles. The van der Waals surface area contributed by atoms with Gasteiger partial charge in [-0.1, -0.05) is 6.07 Å². The van der Waals surface area contributed by atoms with E-state index >= 15 is 0 Å². The highest BCUT2D eigenvalue weighted by Gasteiger charge is 2.29. The zero-order chi connectivity index (χ0) is 13.2. The van der Waals surface area contributed by atoms with Crippen molar-refractivity contribution in [3.63, 3.8) is 0 Å². The van der Waals surface area contributed by atoms with Crippen molar-refractivity contribution in [3.8, 4) is 11.5 Å². The number of hydrogen-bond acceptors (Lipinski definition) is 5. The number of rotatable bonds is 4. The van der Waals surface area contributed by atoms with E-state index in [9.17, 15) is 8.42 Å². The minimum absolute atomic E-state index is 0.0776. The van der Waals surface area contributed by atoms with Gasteiger partial charge in [-0.15, -0.1) is 0 Å². The molecule has 1 unspecified atom stereocenters. The molecule has 18 heavy (non-hydrogen) atoms. The van der Waals surface area contributed by atoms with Gasteiger partial charge >= 0.3 is 0 Å². The Balaban J connectivity index is 2.17. The van der Waals surface area contributed by atoms with Crippen molar-refractivity contribution < 1.29 is 17.9 Å². The summed E-state index contributed by atoms with van der Waals surface area (Å²) in [5, 5.41) is 0. The first-order chi connectivity index (χ1) is 8.54. The summed E-state index contributed by atoms with van der Waals surface area (Å²) in [7, 11) is -1.37. The smallest absolute Gasteiger partial charge is 0.154 e. The maximum Gasteiger partial charge on any atom is 0.154 e. The van der Waals surface area contributed by atoms with E-state index in [4.69, 9.17) is 15.2 Å². The lowest BCUT2D eigenvalue weighted by molar-refractivity contribution is 0.225. The van der Waals surface area contributed by atoms with Crippen LogP contribution in [0.4, 0.5) is 0 Å². The van der Waals surface area contributed by atoms with Gasteiger partial charge in [0.25, 0.3) is 0 Å². The van der Waals surface area contributed by atoms with Crippen molar-refractivity contribution in [2.45, 2.75) is 19.1 Å². The number of nitrogens with two attached hydrogens (primary N) is 1. The molecule has 0 spiro atoms. The van der Waals surface area contributed by atoms with Crippen molar-refractivity contribution in [1.29, 1.82) is 0 Å². The Morgan fingerprint density at radius 1 is 1.44 bits per heavy atom. The van der Waals surface area contributed by atoms with Gasteiger partial charge in [-0.05, 0) is 12.5 Å². The molecule has 1 aromatic carbocycles. The van der Waals surface area contributed by atoms with Gasteiger partial charge in [-0.3, -0.25) is 0 Å². The summed E-state index contributed by atoms with van der Waals surface area (Å²) >= 11 is 0. The fraction of sp³-hybridized carbons (Fsp3) is 0.500. The van der Waals surface area contributed by atoms with Gasteiger partial charge in [0.2, 0.25) is 0 Å². The van der Waals surface area contributed by atoms with Crippen LogP contribution in [0.5, 0.6) is 11.5 Å². The van der Waals surface area contributed by atoms with E-state index in [-0.39, 0.29) is 17.6 Å². The second kappa shape index (κ2) is 5.16. The summed E-state index contributed by atoms with van der Waals surface area (Å²) in [6.07, 6.45) is 0.246. The van der Waals surface area contributed by atoms with Crippen LogP contribution >= 0.6 is 0 Å². The minimum Gasteiger partial charge on any atom is -0.497 e. The van der Waals surface area contributed by atoms with Gasteiger partial charge < -0.3 is 15.2 Å². The third kappa shape index (κ3) is 2.94. The number of sulfone groups is 1. The zero-order valence-electron chi connectivity index (χ0n) is 10.3. The van der Waals surface area contributed by atoms with Crippen molar-refractivity contribution in [2.75, 3.05) is 18.6 Å². The van der Waals surface area contributed by atoms with Crippen molar-refractivity contribution in [3.05, 3.63) is 23.8 Å². The maximum atomic E-state index is 11.4. The molecule has 0 bridgehead atoms. The lowest BCUT2D eigenvalue weighted by atomic mass is 10.2. The molecule has 2 N–H and O–H groups in total. The Morgan fingerprint density at radius 3 is 2.78 bits per heavy atom. The molecule has 1 heterocycles. The molecule has 0 aliphatic carbocycles. The Kier molecular flexibility index (Phi) is 3.77. The molecule has 0 saturated carbocycles. The van der Waals surface area contributed by atoms with Gasteiger partial charge in [0.1, 0.15) is 17.6 Å². The van der Waals surface area contributed by atoms with E-state index in [1.807, 2.05) is 6.07 Å². The number of hydrogen-bond donors (Lipinski definition) is 1. The Labute approximate surface area is 107 Å². The molecular weight excluding hydrogens is 254 g/mol. The average Bonchev–Trinajstić information content (AvgIpc) is 2.68.